The summed E-state index contributed by atoms with van der Waals surface area (Å²) in [5.74, 6) is 1.60. The van der Waals surface area contributed by atoms with Gasteiger partial charge in [0.2, 0.25) is 0 Å². The Balaban J connectivity index is 0.00000312. The van der Waals surface area contributed by atoms with Crippen LogP contribution in [-0.4, -0.2) is 54.0 Å². The normalized spacial score (nSPS) is 17.7. The summed E-state index contributed by atoms with van der Waals surface area (Å²) in [5, 5.41) is 8.20. The summed E-state index contributed by atoms with van der Waals surface area (Å²) in [6, 6.07) is 0. The van der Waals surface area contributed by atoms with Crippen LogP contribution in [0.3, 0.4) is 0 Å². The zero-order valence-electron chi connectivity index (χ0n) is 16.3. The van der Waals surface area contributed by atoms with Gasteiger partial charge in [-0.3, -0.25) is 9.67 Å². The summed E-state index contributed by atoms with van der Waals surface area (Å²) in [6.07, 6.45) is 3.14. The standard InChI is InChI=1S/C18H33N5O.HI/c1-6-16-15(17(7-2)22(5)21-16)11-20-18(19-4)23-10-9-14(12-23)13-24-8-3;/h14H,6-13H2,1-5H3,(H,19,20);1H. The molecule has 0 amide bonds. The maximum Gasteiger partial charge on any atom is 0.193 e. The van der Waals surface area contributed by atoms with Crippen LogP contribution in [0.25, 0.3) is 0 Å². The Hall–Kier alpha value is -0.830. The zero-order valence-corrected chi connectivity index (χ0v) is 18.7. The van der Waals surface area contributed by atoms with Gasteiger partial charge in [0, 0.05) is 57.5 Å². The quantitative estimate of drug-likeness (QED) is 0.384. The Morgan fingerprint density at radius 1 is 1.32 bits per heavy atom. The van der Waals surface area contributed by atoms with Crippen molar-refractivity contribution in [3.8, 4) is 0 Å². The highest BCUT2D eigenvalue weighted by atomic mass is 127. The number of halogens is 1. The number of aryl methyl sites for hydroxylation is 2. The van der Waals surface area contributed by atoms with Crippen molar-refractivity contribution in [2.45, 2.75) is 46.6 Å². The summed E-state index contributed by atoms with van der Waals surface area (Å²) < 4.78 is 7.59. The van der Waals surface area contributed by atoms with Crippen LogP contribution in [0.1, 0.15) is 44.1 Å². The maximum atomic E-state index is 5.57. The molecule has 0 bridgehead atoms. The topological polar surface area (TPSA) is 54.7 Å². The van der Waals surface area contributed by atoms with Crippen molar-refractivity contribution in [2.24, 2.45) is 18.0 Å². The van der Waals surface area contributed by atoms with Gasteiger partial charge >= 0.3 is 0 Å². The number of rotatable bonds is 7. The van der Waals surface area contributed by atoms with Gasteiger partial charge in [-0.1, -0.05) is 13.8 Å². The average Bonchev–Trinajstić information content (AvgIpc) is 3.17. The van der Waals surface area contributed by atoms with Crippen LogP contribution >= 0.6 is 24.0 Å². The number of aromatic nitrogens is 2. The van der Waals surface area contributed by atoms with Gasteiger partial charge in [0.25, 0.3) is 0 Å². The minimum atomic E-state index is 0. The molecule has 1 aromatic rings. The van der Waals surface area contributed by atoms with Gasteiger partial charge in [0.1, 0.15) is 0 Å². The minimum absolute atomic E-state index is 0. The van der Waals surface area contributed by atoms with E-state index in [1.165, 1.54) is 23.4 Å². The van der Waals surface area contributed by atoms with Gasteiger partial charge in [0.15, 0.2) is 5.96 Å². The van der Waals surface area contributed by atoms with E-state index >= 15 is 0 Å². The molecule has 0 aromatic carbocycles. The first kappa shape index (κ1) is 22.2. The molecule has 2 rings (SSSR count). The molecule has 0 aliphatic carbocycles. The second kappa shape index (κ2) is 11.0. The number of ether oxygens (including phenoxy) is 1. The van der Waals surface area contributed by atoms with Gasteiger partial charge in [-0.25, -0.2) is 0 Å². The fourth-order valence-corrected chi connectivity index (χ4v) is 3.54. The minimum Gasteiger partial charge on any atom is -0.381 e. The van der Waals surface area contributed by atoms with Crippen LogP contribution in [0.4, 0.5) is 0 Å². The third kappa shape index (κ3) is 5.57. The molecule has 1 aliphatic rings. The Bertz CT molecular complexity index is 558. The molecular formula is C18H34IN5O. The second-order valence-electron chi connectivity index (χ2n) is 6.36. The molecule has 2 heterocycles. The van der Waals surface area contributed by atoms with Crippen molar-refractivity contribution < 1.29 is 4.74 Å². The lowest BCUT2D eigenvalue weighted by molar-refractivity contribution is 0.114. The third-order valence-corrected chi connectivity index (χ3v) is 4.81. The lowest BCUT2D eigenvalue weighted by Gasteiger charge is -2.22. The van der Waals surface area contributed by atoms with E-state index in [2.05, 4.69) is 41.1 Å². The van der Waals surface area contributed by atoms with E-state index < -0.39 is 0 Å². The largest absolute Gasteiger partial charge is 0.381 e. The molecule has 0 spiro atoms. The van der Waals surface area contributed by atoms with Gasteiger partial charge in [-0.05, 0) is 26.2 Å². The molecule has 0 radical (unpaired) electrons. The van der Waals surface area contributed by atoms with E-state index in [0.29, 0.717) is 5.92 Å². The summed E-state index contributed by atoms with van der Waals surface area (Å²) in [4.78, 5) is 6.83. The molecular weight excluding hydrogens is 429 g/mol. The number of likely N-dealkylation sites (tertiary alicyclic amines) is 1. The number of guanidine groups is 1. The van der Waals surface area contributed by atoms with Crippen molar-refractivity contribution in [3.63, 3.8) is 0 Å². The number of nitrogens with one attached hydrogen (secondary N) is 1. The van der Waals surface area contributed by atoms with Crippen molar-refractivity contribution in [1.82, 2.24) is 20.0 Å². The van der Waals surface area contributed by atoms with Crippen LogP contribution < -0.4 is 5.32 Å². The summed E-state index contributed by atoms with van der Waals surface area (Å²) in [6.45, 7) is 10.9. The van der Waals surface area contributed by atoms with E-state index in [-0.39, 0.29) is 24.0 Å². The van der Waals surface area contributed by atoms with Gasteiger partial charge in [-0.15, -0.1) is 24.0 Å². The van der Waals surface area contributed by atoms with Crippen LogP contribution in [-0.2, 0) is 31.2 Å². The Kier molecular flexibility index (Phi) is 9.78. The average molecular weight is 463 g/mol. The third-order valence-electron chi connectivity index (χ3n) is 4.81. The lowest BCUT2D eigenvalue weighted by atomic mass is 10.1. The van der Waals surface area contributed by atoms with E-state index in [4.69, 9.17) is 4.74 Å². The Labute approximate surface area is 169 Å². The van der Waals surface area contributed by atoms with Crippen LogP contribution in [0.15, 0.2) is 4.99 Å². The number of aliphatic imine (C=N–C) groups is 1. The van der Waals surface area contributed by atoms with E-state index in [1.807, 2.05) is 18.8 Å². The molecule has 25 heavy (non-hydrogen) atoms. The van der Waals surface area contributed by atoms with Crippen molar-refractivity contribution in [2.75, 3.05) is 33.4 Å². The van der Waals surface area contributed by atoms with Crippen molar-refractivity contribution in [1.29, 1.82) is 0 Å². The maximum absolute atomic E-state index is 5.57. The van der Waals surface area contributed by atoms with Gasteiger partial charge in [0.05, 0.1) is 12.3 Å². The molecule has 1 atom stereocenters. The Morgan fingerprint density at radius 2 is 2.08 bits per heavy atom. The van der Waals surface area contributed by atoms with Crippen LogP contribution in [0, 0.1) is 5.92 Å². The highest BCUT2D eigenvalue weighted by molar-refractivity contribution is 14.0. The molecule has 1 aliphatic heterocycles. The van der Waals surface area contributed by atoms with Crippen LogP contribution in [0.2, 0.25) is 0 Å². The Morgan fingerprint density at radius 3 is 2.68 bits per heavy atom. The van der Waals surface area contributed by atoms with Crippen molar-refractivity contribution >= 4 is 29.9 Å². The van der Waals surface area contributed by atoms with Crippen molar-refractivity contribution in [3.05, 3.63) is 17.0 Å². The second-order valence-corrected chi connectivity index (χ2v) is 6.36. The predicted molar refractivity (Wildman–Crippen MR) is 114 cm³/mol. The smallest absolute Gasteiger partial charge is 0.193 e. The summed E-state index contributed by atoms with van der Waals surface area (Å²) >= 11 is 0. The predicted octanol–water partition coefficient (Wildman–Crippen LogP) is 2.60. The van der Waals surface area contributed by atoms with E-state index in [9.17, 15) is 0 Å². The highest BCUT2D eigenvalue weighted by Crippen LogP contribution is 2.18. The lowest BCUT2D eigenvalue weighted by Crippen LogP contribution is -2.40. The molecule has 0 saturated carbocycles. The summed E-state index contributed by atoms with van der Waals surface area (Å²) in [5.41, 5.74) is 3.83. The number of hydrogen-bond donors (Lipinski definition) is 1. The molecule has 1 fully saturated rings. The zero-order chi connectivity index (χ0) is 17.5. The monoisotopic (exact) mass is 463 g/mol. The molecule has 144 valence electrons. The van der Waals surface area contributed by atoms with Gasteiger partial charge in [-0.2, -0.15) is 5.10 Å². The fourth-order valence-electron chi connectivity index (χ4n) is 3.54. The van der Waals surface area contributed by atoms with E-state index in [1.54, 1.807) is 0 Å². The first-order chi connectivity index (χ1) is 11.6. The molecule has 7 heteroatoms. The molecule has 1 aromatic heterocycles. The SMILES string of the molecule is CCOCC1CCN(C(=NC)NCc2c(CC)nn(C)c2CC)C1.I. The van der Waals surface area contributed by atoms with Gasteiger partial charge < -0.3 is 15.0 Å². The molecule has 1 unspecified atom stereocenters. The van der Waals surface area contributed by atoms with Crippen LogP contribution in [0.5, 0.6) is 0 Å². The fraction of sp³-hybridized carbons (Fsp3) is 0.778. The molecule has 1 saturated heterocycles. The first-order valence-corrected chi connectivity index (χ1v) is 9.21. The molecule has 6 nitrogen and oxygen atoms in total. The van der Waals surface area contributed by atoms with E-state index in [0.717, 1.165) is 51.6 Å². The number of hydrogen-bond acceptors (Lipinski definition) is 3. The summed E-state index contributed by atoms with van der Waals surface area (Å²) in [7, 11) is 3.90. The number of nitrogens with zero attached hydrogens (tertiary/aromatic N) is 4. The first-order valence-electron chi connectivity index (χ1n) is 9.21. The highest BCUT2D eigenvalue weighted by Gasteiger charge is 2.25. The molecule has 1 N–H and O–H groups in total.